The van der Waals surface area contributed by atoms with Crippen molar-refractivity contribution in [1.29, 1.82) is 0 Å². The van der Waals surface area contributed by atoms with Crippen LogP contribution in [0.3, 0.4) is 0 Å². The molecule has 1 amide bonds. The number of pyridine rings is 1. The number of para-hydroxylation sites is 1. The lowest BCUT2D eigenvalue weighted by molar-refractivity contribution is -0.119. The number of hydrogen-bond donors (Lipinski definition) is 0. The molecular weight excluding hydrogens is 306 g/mol. The highest BCUT2D eigenvalue weighted by molar-refractivity contribution is 8.16. The van der Waals surface area contributed by atoms with E-state index in [1.165, 1.54) is 16.2 Å². The standard InChI is InChI=1S/C15H12ClN3OS/c1-15(12-9-5-6-10-17-12)13(20)18-14(21-15)19(16)11-7-3-2-4-8-11/h2-10H,1H3. The van der Waals surface area contributed by atoms with Crippen molar-refractivity contribution in [3.05, 3.63) is 60.4 Å². The van der Waals surface area contributed by atoms with E-state index in [-0.39, 0.29) is 5.91 Å². The first-order chi connectivity index (χ1) is 10.1. The van der Waals surface area contributed by atoms with Crippen LogP contribution in [0.1, 0.15) is 12.6 Å². The summed E-state index contributed by atoms with van der Waals surface area (Å²) in [6.07, 6.45) is 1.67. The third-order valence-electron chi connectivity index (χ3n) is 3.21. The molecule has 1 aromatic carbocycles. The largest absolute Gasteiger partial charge is 0.270 e. The number of amides is 1. The van der Waals surface area contributed by atoms with Gasteiger partial charge >= 0.3 is 0 Å². The quantitative estimate of drug-likeness (QED) is 0.794. The SMILES string of the molecule is CC1(c2ccccn2)SC(N(Cl)c2ccccc2)=NC1=O. The molecule has 6 heteroatoms. The zero-order valence-electron chi connectivity index (χ0n) is 11.2. The Morgan fingerprint density at radius 1 is 1.14 bits per heavy atom. The molecule has 2 aromatic rings. The normalized spacial score (nSPS) is 21.2. The lowest BCUT2D eigenvalue weighted by atomic mass is 10.1. The van der Waals surface area contributed by atoms with Crippen molar-refractivity contribution in [2.24, 2.45) is 4.99 Å². The van der Waals surface area contributed by atoms with Crippen LogP contribution in [0.5, 0.6) is 0 Å². The molecule has 0 saturated carbocycles. The number of nitrogens with zero attached hydrogens (tertiary/aromatic N) is 3. The molecule has 0 fully saturated rings. The maximum absolute atomic E-state index is 12.3. The van der Waals surface area contributed by atoms with Crippen LogP contribution in [0.4, 0.5) is 5.69 Å². The van der Waals surface area contributed by atoms with Crippen LogP contribution in [0.25, 0.3) is 0 Å². The first-order valence-electron chi connectivity index (χ1n) is 6.36. The third-order valence-corrected chi connectivity index (χ3v) is 4.91. The molecule has 2 heterocycles. The number of carbonyl (C=O) groups excluding carboxylic acids is 1. The Morgan fingerprint density at radius 2 is 1.86 bits per heavy atom. The minimum Gasteiger partial charge on any atom is -0.270 e. The lowest BCUT2D eigenvalue weighted by Gasteiger charge is -2.21. The second-order valence-corrected chi connectivity index (χ2v) is 6.39. The highest BCUT2D eigenvalue weighted by Crippen LogP contribution is 2.43. The van der Waals surface area contributed by atoms with Crippen LogP contribution in [-0.2, 0) is 9.54 Å². The van der Waals surface area contributed by atoms with Crippen molar-refractivity contribution in [2.75, 3.05) is 4.42 Å². The first-order valence-corrected chi connectivity index (χ1v) is 7.51. The molecule has 0 bridgehead atoms. The van der Waals surface area contributed by atoms with Gasteiger partial charge in [-0.25, -0.2) is 4.42 Å². The number of halogens is 1. The molecule has 106 valence electrons. The fourth-order valence-electron chi connectivity index (χ4n) is 2.00. The van der Waals surface area contributed by atoms with E-state index >= 15 is 0 Å². The average molecular weight is 318 g/mol. The van der Waals surface area contributed by atoms with Crippen molar-refractivity contribution in [2.45, 2.75) is 11.7 Å². The number of rotatable bonds is 2. The van der Waals surface area contributed by atoms with Crippen LogP contribution in [-0.4, -0.2) is 16.1 Å². The number of carbonyl (C=O) groups is 1. The Balaban J connectivity index is 1.89. The minimum absolute atomic E-state index is 0.247. The summed E-state index contributed by atoms with van der Waals surface area (Å²) in [7, 11) is 0. The molecule has 1 atom stereocenters. The van der Waals surface area contributed by atoms with E-state index in [4.69, 9.17) is 11.8 Å². The van der Waals surface area contributed by atoms with Gasteiger partial charge in [0.25, 0.3) is 5.91 Å². The van der Waals surface area contributed by atoms with Gasteiger partial charge in [-0.2, -0.15) is 4.99 Å². The second kappa shape index (κ2) is 5.50. The number of benzene rings is 1. The van der Waals surface area contributed by atoms with Gasteiger partial charge in [0.2, 0.25) is 0 Å². The fourth-order valence-corrected chi connectivity index (χ4v) is 3.29. The fraction of sp³-hybridized carbons (Fsp3) is 0.133. The van der Waals surface area contributed by atoms with Gasteiger partial charge in [0.1, 0.15) is 4.75 Å². The van der Waals surface area contributed by atoms with Gasteiger partial charge in [0.15, 0.2) is 5.17 Å². The van der Waals surface area contributed by atoms with Crippen LogP contribution in [0.15, 0.2) is 59.7 Å². The molecule has 0 radical (unpaired) electrons. The Morgan fingerprint density at radius 3 is 2.52 bits per heavy atom. The minimum atomic E-state index is -0.835. The topological polar surface area (TPSA) is 45.6 Å². The summed E-state index contributed by atoms with van der Waals surface area (Å²) < 4.78 is 0.565. The molecule has 21 heavy (non-hydrogen) atoms. The van der Waals surface area contributed by atoms with E-state index in [2.05, 4.69) is 9.98 Å². The van der Waals surface area contributed by atoms with Crippen molar-refractivity contribution in [3.8, 4) is 0 Å². The molecule has 1 aliphatic heterocycles. The van der Waals surface area contributed by atoms with Gasteiger partial charge in [-0.1, -0.05) is 36.0 Å². The summed E-state index contributed by atoms with van der Waals surface area (Å²) in [6, 6.07) is 14.9. The summed E-state index contributed by atoms with van der Waals surface area (Å²) >= 11 is 7.61. The van der Waals surface area contributed by atoms with E-state index in [1.807, 2.05) is 55.5 Å². The molecule has 1 unspecified atom stereocenters. The highest BCUT2D eigenvalue weighted by Gasteiger charge is 2.45. The smallest absolute Gasteiger partial charge is 0.270 e. The van der Waals surface area contributed by atoms with E-state index in [0.717, 1.165) is 5.69 Å². The first kappa shape index (κ1) is 14.1. The van der Waals surface area contributed by atoms with Gasteiger partial charge in [-0.15, -0.1) is 0 Å². The monoisotopic (exact) mass is 317 g/mol. The maximum atomic E-state index is 12.3. The van der Waals surface area contributed by atoms with Gasteiger partial charge in [-0.05, 0) is 31.2 Å². The van der Waals surface area contributed by atoms with Crippen LogP contribution in [0.2, 0.25) is 0 Å². The van der Waals surface area contributed by atoms with Gasteiger partial charge in [0.05, 0.1) is 11.4 Å². The third kappa shape index (κ3) is 2.54. The highest BCUT2D eigenvalue weighted by atomic mass is 35.5. The van der Waals surface area contributed by atoms with Crippen molar-refractivity contribution >= 4 is 40.3 Å². The van der Waals surface area contributed by atoms with Crippen molar-refractivity contribution < 1.29 is 4.79 Å². The lowest BCUT2D eigenvalue weighted by Crippen LogP contribution is -2.26. The Bertz CT molecular complexity index is 693. The maximum Gasteiger partial charge on any atom is 0.270 e. The molecule has 0 saturated heterocycles. The van der Waals surface area contributed by atoms with Crippen LogP contribution >= 0.6 is 23.5 Å². The number of hydrogen-bond acceptors (Lipinski definition) is 4. The summed E-state index contributed by atoms with van der Waals surface area (Å²) in [6.45, 7) is 1.81. The Kier molecular flexibility index (Phi) is 3.69. The number of aliphatic imine (C=N–C) groups is 1. The van der Waals surface area contributed by atoms with E-state index in [0.29, 0.717) is 10.9 Å². The molecule has 4 nitrogen and oxygen atoms in total. The molecule has 0 aliphatic carbocycles. The van der Waals surface area contributed by atoms with Gasteiger partial charge in [-0.3, -0.25) is 9.78 Å². The Labute approximate surface area is 132 Å². The molecule has 3 rings (SSSR count). The molecular formula is C15H12ClN3OS. The van der Waals surface area contributed by atoms with E-state index in [9.17, 15) is 4.79 Å². The second-order valence-electron chi connectivity index (χ2n) is 4.67. The predicted molar refractivity (Wildman–Crippen MR) is 86.4 cm³/mol. The summed E-state index contributed by atoms with van der Waals surface area (Å²) in [5.74, 6) is -0.247. The summed E-state index contributed by atoms with van der Waals surface area (Å²) in [5.41, 5.74) is 1.44. The van der Waals surface area contributed by atoms with Crippen molar-refractivity contribution in [3.63, 3.8) is 0 Å². The molecule has 0 spiro atoms. The van der Waals surface area contributed by atoms with Crippen LogP contribution in [0, 0.1) is 0 Å². The van der Waals surface area contributed by atoms with Crippen molar-refractivity contribution in [1.82, 2.24) is 4.98 Å². The van der Waals surface area contributed by atoms with Gasteiger partial charge in [0, 0.05) is 18.0 Å². The predicted octanol–water partition coefficient (Wildman–Crippen LogP) is 3.59. The van der Waals surface area contributed by atoms with E-state index in [1.54, 1.807) is 6.20 Å². The number of anilines is 1. The molecule has 1 aromatic heterocycles. The number of amidine groups is 1. The molecule has 0 N–H and O–H groups in total. The zero-order valence-corrected chi connectivity index (χ0v) is 12.8. The summed E-state index contributed by atoms with van der Waals surface area (Å²) in [5, 5.41) is 0.459. The average Bonchev–Trinajstić information content (AvgIpc) is 2.85. The zero-order chi connectivity index (χ0) is 14.9. The number of thioether (sulfide) groups is 1. The Hall–Kier alpha value is -1.85. The van der Waals surface area contributed by atoms with E-state index < -0.39 is 4.75 Å². The van der Waals surface area contributed by atoms with Crippen LogP contribution < -0.4 is 4.42 Å². The summed E-state index contributed by atoms with van der Waals surface area (Å²) in [4.78, 5) is 20.7. The molecule has 1 aliphatic rings. The van der Waals surface area contributed by atoms with Gasteiger partial charge < -0.3 is 0 Å². The number of aromatic nitrogens is 1.